The number of ether oxygens (including phenoxy) is 1. The Morgan fingerprint density at radius 2 is 2.00 bits per heavy atom. The average molecular weight is 269 g/mol. The molecule has 0 aliphatic rings. The van der Waals surface area contributed by atoms with Gasteiger partial charge in [-0.1, -0.05) is 23.2 Å². The summed E-state index contributed by atoms with van der Waals surface area (Å²) in [6.45, 7) is 0.338. The first-order valence-corrected chi connectivity index (χ1v) is 5.68. The highest BCUT2D eigenvalue weighted by molar-refractivity contribution is 6.32. The first-order chi connectivity index (χ1) is 8.16. The molecule has 17 heavy (non-hydrogen) atoms. The maximum absolute atomic E-state index is 5.99. The molecule has 0 amide bonds. The number of nitrogens with two attached hydrogens (primary N) is 1. The van der Waals surface area contributed by atoms with Crippen molar-refractivity contribution in [3.05, 3.63) is 52.3 Å². The molecule has 1 heterocycles. The van der Waals surface area contributed by atoms with Gasteiger partial charge in [-0.15, -0.1) is 0 Å². The van der Waals surface area contributed by atoms with Crippen LogP contribution < -0.4 is 10.5 Å². The van der Waals surface area contributed by atoms with Crippen LogP contribution in [0.1, 0.15) is 5.56 Å². The lowest BCUT2D eigenvalue weighted by Gasteiger charge is -2.09. The van der Waals surface area contributed by atoms with Crippen LogP contribution in [0.3, 0.4) is 0 Å². The molecular formula is C12H10Cl2N2O. The molecule has 88 valence electrons. The fourth-order valence-corrected chi connectivity index (χ4v) is 1.73. The van der Waals surface area contributed by atoms with E-state index in [9.17, 15) is 0 Å². The van der Waals surface area contributed by atoms with Crippen molar-refractivity contribution in [2.45, 2.75) is 6.61 Å². The van der Waals surface area contributed by atoms with E-state index in [0.29, 0.717) is 28.1 Å². The zero-order valence-corrected chi connectivity index (χ0v) is 10.4. The summed E-state index contributed by atoms with van der Waals surface area (Å²) in [5.41, 5.74) is 7.05. The summed E-state index contributed by atoms with van der Waals surface area (Å²) in [5, 5.41) is 1.05. The number of hydrogen-bond acceptors (Lipinski definition) is 3. The van der Waals surface area contributed by atoms with Crippen molar-refractivity contribution in [2.75, 3.05) is 5.73 Å². The van der Waals surface area contributed by atoms with Gasteiger partial charge in [0, 0.05) is 23.6 Å². The first kappa shape index (κ1) is 12.0. The molecule has 2 aromatic rings. The maximum Gasteiger partial charge on any atom is 0.138 e. The number of anilines is 1. The van der Waals surface area contributed by atoms with E-state index < -0.39 is 0 Å². The second-order valence-electron chi connectivity index (χ2n) is 3.45. The van der Waals surface area contributed by atoms with Crippen LogP contribution in [-0.4, -0.2) is 4.98 Å². The van der Waals surface area contributed by atoms with Gasteiger partial charge >= 0.3 is 0 Å². The minimum atomic E-state index is 0.338. The highest BCUT2D eigenvalue weighted by Gasteiger charge is 2.04. The van der Waals surface area contributed by atoms with Crippen LogP contribution in [0.15, 0.2) is 36.7 Å². The third-order valence-corrected chi connectivity index (χ3v) is 2.83. The lowest BCUT2D eigenvalue weighted by molar-refractivity contribution is 0.306. The van der Waals surface area contributed by atoms with Crippen molar-refractivity contribution in [3.63, 3.8) is 0 Å². The van der Waals surface area contributed by atoms with Crippen molar-refractivity contribution in [1.82, 2.24) is 4.98 Å². The van der Waals surface area contributed by atoms with Crippen LogP contribution in [0, 0.1) is 0 Å². The van der Waals surface area contributed by atoms with Crippen LogP contribution in [0.4, 0.5) is 5.69 Å². The summed E-state index contributed by atoms with van der Waals surface area (Å²) in [6.07, 6.45) is 3.24. The van der Waals surface area contributed by atoms with Crippen LogP contribution in [0.25, 0.3) is 0 Å². The van der Waals surface area contributed by atoms with E-state index in [1.165, 1.54) is 0 Å². The van der Waals surface area contributed by atoms with E-state index in [1.807, 2.05) is 0 Å². The molecule has 0 spiro atoms. The Labute approximate surface area is 109 Å². The fourth-order valence-electron chi connectivity index (χ4n) is 1.31. The monoisotopic (exact) mass is 268 g/mol. The highest BCUT2D eigenvalue weighted by Crippen LogP contribution is 2.27. The molecule has 0 aliphatic heterocycles. The van der Waals surface area contributed by atoms with Crippen LogP contribution in [-0.2, 0) is 6.61 Å². The number of hydrogen-bond donors (Lipinski definition) is 1. The zero-order chi connectivity index (χ0) is 12.3. The van der Waals surface area contributed by atoms with E-state index in [0.717, 1.165) is 5.56 Å². The Kier molecular flexibility index (Phi) is 3.71. The summed E-state index contributed by atoms with van der Waals surface area (Å²) >= 11 is 11.9. The van der Waals surface area contributed by atoms with Gasteiger partial charge in [0.25, 0.3) is 0 Å². The van der Waals surface area contributed by atoms with Crippen molar-refractivity contribution < 1.29 is 4.74 Å². The minimum Gasteiger partial charge on any atom is -0.487 e. The third kappa shape index (κ3) is 3.02. The molecule has 0 unspecified atom stereocenters. The van der Waals surface area contributed by atoms with Crippen LogP contribution in [0.2, 0.25) is 10.0 Å². The van der Waals surface area contributed by atoms with Gasteiger partial charge in [-0.05, 0) is 24.3 Å². The highest BCUT2D eigenvalue weighted by atomic mass is 35.5. The van der Waals surface area contributed by atoms with Crippen LogP contribution >= 0.6 is 23.2 Å². The molecule has 0 aliphatic carbocycles. The summed E-state index contributed by atoms with van der Waals surface area (Å²) in [5.74, 6) is 0.578. The standard InChI is InChI=1S/C12H10Cl2N2O/c13-10-5-9(15)1-2-12(10)17-7-8-3-4-16-6-11(8)14/h1-6H,7,15H2. The van der Waals surface area contributed by atoms with Crippen molar-refractivity contribution in [1.29, 1.82) is 0 Å². The SMILES string of the molecule is Nc1ccc(OCc2ccncc2Cl)c(Cl)c1. The van der Waals surface area contributed by atoms with Crippen molar-refractivity contribution in [2.24, 2.45) is 0 Å². The Morgan fingerprint density at radius 1 is 1.18 bits per heavy atom. The molecular weight excluding hydrogens is 259 g/mol. The number of pyridine rings is 1. The van der Waals surface area contributed by atoms with Crippen molar-refractivity contribution >= 4 is 28.9 Å². The average Bonchev–Trinajstić information content (AvgIpc) is 2.30. The topological polar surface area (TPSA) is 48.1 Å². The van der Waals surface area contributed by atoms with Gasteiger partial charge in [0.15, 0.2) is 0 Å². The molecule has 0 saturated carbocycles. The predicted octanol–water partition coefficient (Wildman–Crippen LogP) is 3.55. The number of nitrogen functional groups attached to an aromatic ring is 1. The molecule has 2 rings (SSSR count). The smallest absolute Gasteiger partial charge is 0.138 e. The molecule has 2 N–H and O–H groups in total. The molecule has 3 nitrogen and oxygen atoms in total. The van der Waals surface area contributed by atoms with Gasteiger partial charge in [-0.25, -0.2) is 0 Å². The molecule has 0 atom stereocenters. The molecule has 0 fully saturated rings. The Morgan fingerprint density at radius 3 is 2.71 bits per heavy atom. The normalized spacial score (nSPS) is 10.2. The number of rotatable bonds is 3. The maximum atomic E-state index is 5.99. The fraction of sp³-hybridized carbons (Fsp3) is 0.0833. The summed E-state index contributed by atoms with van der Waals surface area (Å²) in [4.78, 5) is 3.90. The molecule has 5 heteroatoms. The molecule has 0 saturated heterocycles. The zero-order valence-electron chi connectivity index (χ0n) is 8.86. The number of aromatic nitrogens is 1. The third-order valence-electron chi connectivity index (χ3n) is 2.20. The number of nitrogens with zero attached hydrogens (tertiary/aromatic N) is 1. The van der Waals surface area contributed by atoms with E-state index >= 15 is 0 Å². The lowest BCUT2D eigenvalue weighted by atomic mass is 10.3. The second kappa shape index (κ2) is 5.25. The van der Waals surface area contributed by atoms with E-state index in [4.69, 9.17) is 33.7 Å². The van der Waals surface area contributed by atoms with Gasteiger partial charge in [-0.3, -0.25) is 4.98 Å². The van der Waals surface area contributed by atoms with Crippen LogP contribution in [0.5, 0.6) is 5.75 Å². The Hall–Kier alpha value is -1.45. The van der Waals surface area contributed by atoms with E-state index in [1.54, 1.807) is 36.7 Å². The summed E-state index contributed by atoms with van der Waals surface area (Å²) in [6, 6.07) is 6.90. The first-order valence-electron chi connectivity index (χ1n) is 4.93. The molecule has 0 radical (unpaired) electrons. The van der Waals surface area contributed by atoms with Crippen molar-refractivity contribution in [3.8, 4) is 5.75 Å². The van der Waals surface area contributed by atoms with Gasteiger partial charge in [0.05, 0.1) is 10.0 Å². The number of halogens is 2. The molecule has 1 aromatic carbocycles. The lowest BCUT2D eigenvalue weighted by Crippen LogP contribution is -1.97. The number of benzene rings is 1. The van der Waals surface area contributed by atoms with Gasteiger partial charge in [-0.2, -0.15) is 0 Å². The quantitative estimate of drug-likeness (QED) is 0.867. The predicted molar refractivity (Wildman–Crippen MR) is 69.4 cm³/mol. The van der Waals surface area contributed by atoms with E-state index in [-0.39, 0.29) is 0 Å². The summed E-state index contributed by atoms with van der Waals surface area (Å²) < 4.78 is 5.56. The largest absolute Gasteiger partial charge is 0.487 e. The van der Waals surface area contributed by atoms with Gasteiger partial charge in [0.2, 0.25) is 0 Å². The minimum absolute atomic E-state index is 0.338. The second-order valence-corrected chi connectivity index (χ2v) is 4.26. The Balaban J connectivity index is 2.10. The molecule has 0 bridgehead atoms. The molecule has 1 aromatic heterocycles. The summed E-state index contributed by atoms with van der Waals surface area (Å²) in [7, 11) is 0. The van der Waals surface area contributed by atoms with Gasteiger partial charge in [0.1, 0.15) is 12.4 Å². The van der Waals surface area contributed by atoms with E-state index in [2.05, 4.69) is 4.98 Å². The Bertz CT molecular complexity index is 532. The van der Waals surface area contributed by atoms with Gasteiger partial charge < -0.3 is 10.5 Å².